The number of rotatable bonds is 5. The zero-order valence-electron chi connectivity index (χ0n) is 12.7. The maximum absolute atomic E-state index is 12.0. The van der Waals surface area contributed by atoms with Crippen molar-refractivity contribution >= 4 is 18.3 Å². The topological polar surface area (TPSA) is 58.4 Å². The highest BCUT2D eigenvalue weighted by molar-refractivity contribution is 5.94. The molecule has 118 valence electrons. The van der Waals surface area contributed by atoms with Gasteiger partial charge in [-0.25, -0.2) is 0 Å². The molecule has 1 saturated heterocycles. The molecule has 1 aliphatic rings. The fourth-order valence-electron chi connectivity index (χ4n) is 2.51. The Morgan fingerprint density at radius 3 is 2.48 bits per heavy atom. The smallest absolute Gasteiger partial charge is 0.251 e. The number of nitrogens with zero attached hydrogens (tertiary/aromatic N) is 1. The molecule has 1 aliphatic heterocycles. The number of hydrogen-bond acceptors (Lipinski definition) is 3. The Morgan fingerprint density at radius 1 is 1.29 bits per heavy atom. The van der Waals surface area contributed by atoms with E-state index in [9.17, 15) is 4.79 Å². The van der Waals surface area contributed by atoms with E-state index in [1.165, 1.54) is 12.8 Å². The molecule has 1 fully saturated rings. The number of benzene rings is 1. The van der Waals surface area contributed by atoms with Crippen LogP contribution in [-0.2, 0) is 6.54 Å². The van der Waals surface area contributed by atoms with Gasteiger partial charge in [0.2, 0.25) is 0 Å². The molecule has 0 aromatic heterocycles. The van der Waals surface area contributed by atoms with Crippen molar-refractivity contribution in [2.45, 2.75) is 26.3 Å². The Balaban J connectivity index is 0.00000220. The molecule has 1 aromatic rings. The molecule has 0 atom stereocenters. The largest absolute Gasteiger partial charge is 0.351 e. The molecule has 21 heavy (non-hydrogen) atoms. The second-order valence-corrected chi connectivity index (χ2v) is 5.68. The predicted octanol–water partition coefficient (Wildman–Crippen LogP) is 2.03. The minimum Gasteiger partial charge on any atom is -0.351 e. The molecule has 0 spiro atoms. The van der Waals surface area contributed by atoms with Gasteiger partial charge in [-0.2, -0.15) is 0 Å². The average molecular weight is 312 g/mol. The van der Waals surface area contributed by atoms with E-state index in [1.54, 1.807) is 0 Å². The molecule has 5 heteroatoms. The van der Waals surface area contributed by atoms with E-state index in [2.05, 4.69) is 17.1 Å². The van der Waals surface area contributed by atoms with E-state index in [1.807, 2.05) is 24.3 Å². The Labute approximate surface area is 133 Å². The van der Waals surface area contributed by atoms with Crippen LogP contribution < -0.4 is 11.1 Å². The average Bonchev–Trinajstić information content (AvgIpc) is 2.49. The zero-order chi connectivity index (χ0) is 14.4. The van der Waals surface area contributed by atoms with E-state index in [0.717, 1.165) is 31.1 Å². The first kappa shape index (κ1) is 18.0. The van der Waals surface area contributed by atoms with Crippen LogP contribution >= 0.6 is 12.4 Å². The summed E-state index contributed by atoms with van der Waals surface area (Å²) in [6.45, 7) is 6.79. The summed E-state index contributed by atoms with van der Waals surface area (Å²) in [7, 11) is 0. The summed E-state index contributed by atoms with van der Waals surface area (Å²) in [4.78, 5) is 14.4. The molecule has 1 aromatic carbocycles. The van der Waals surface area contributed by atoms with Gasteiger partial charge in [0.1, 0.15) is 0 Å². The Hall–Kier alpha value is -1.10. The first-order valence-electron chi connectivity index (χ1n) is 7.48. The Bertz CT molecular complexity index is 428. The van der Waals surface area contributed by atoms with Crippen LogP contribution in [0.25, 0.3) is 0 Å². The summed E-state index contributed by atoms with van der Waals surface area (Å²) in [6, 6.07) is 7.47. The van der Waals surface area contributed by atoms with Crippen LogP contribution in [0, 0.1) is 5.92 Å². The zero-order valence-corrected chi connectivity index (χ0v) is 13.5. The van der Waals surface area contributed by atoms with Crippen molar-refractivity contribution in [2.24, 2.45) is 11.7 Å². The van der Waals surface area contributed by atoms with E-state index < -0.39 is 0 Å². The normalized spacial score (nSPS) is 16.3. The van der Waals surface area contributed by atoms with Crippen molar-refractivity contribution in [2.75, 3.05) is 26.2 Å². The highest BCUT2D eigenvalue weighted by Crippen LogP contribution is 2.15. The van der Waals surface area contributed by atoms with Crippen molar-refractivity contribution in [1.82, 2.24) is 10.2 Å². The third-order valence-electron chi connectivity index (χ3n) is 4.04. The third-order valence-corrected chi connectivity index (χ3v) is 4.04. The molecule has 1 heterocycles. The molecule has 1 amide bonds. The highest BCUT2D eigenvalue weighted by atomic mass is 35.5. The summed E-state index contributed by atoms with van der Waals surface area (Å²) in [6.07, 6.45) is 2.54. The summed E-state index contributed by atoms with van der Waals surface area (Å²) in [5, 5.41) is 2.98. The number of piperidine rings is 1. The van der Waals surface area contributed by atoms with Crippen molar-refractivity contribution < 1.29 is 4.79 Å². The standard InChI is InChI=1S/C16H25N3O.ClH/c1-13-6-9-19(10-7-13)11-8-18-16(20)15-4-2-14(12-17)3-5-15;/h2-5,13H,6-12,17H2,1H3,(H,18,20);1H. The quantitative estimate of drug-likeness (QED) is 0.875. The summed E-state index contributed by atoms with van der Waals surface area (Å²) in [5.74, 6) is 0.848. The van der Waals surface area contributed by atoms with E-state index in [0.29, 0.717) is 18.7 Å². The lowest BCUT2D eigenvalue weighted by molar-refractivity contribution is 0.0944. The fourth-order valence-corrected chi connectivity index (χ4v) is 2.51. The van der Waals surface area contributed by atoms with Crippen molar-refractivity contribution in [1.29, 1.82) is 0 Å². The number of nitrogens with two attached hydrogens (primary N) is 1. The van der Waals surface area contributed by atoms with Gasteiger partial charge >= 0.3 is 0 Å². The number of hydrogen-bond donors (Lipinski definition) is 2. The number of amides is 1. The lowest BCUT2D eigenvalue weighted by atomic mass is 9.99. The van der Waals surface area contributed by atoms with Gasteiger partial charge in [-0.05, 0) is 49.5 Å². The van der Waals surface area contributed by atoms with Gasteiger partial charge in [-0.3, -0.25) is 4.79 Å². The van der Waals surface area contributed by atoms with Crippen LogP contribution in [-0.4, -0.2) is 37.0 Å². The third kappa shape index (κ3) is 5.65. The molecule has 0 bridgehead atoms. The number of nitrogens with one attached hydrogen (secondary N) is 1. The summed E-state index contributed by atoms with van der Waals surface area (Å²) >= 11 is 0. The van der Waals surface area contributed by atoms with Gasteiger partial charge in [0, 0.05) is 25.2 Å². The monoisotopic (exact) mass is 311 g/mol. The van der Waals surface area contributed by atoms with Crippen molar-refractivity contribution in [3.8, 4) is 0 Å². The van der Waals surface area contributed by atoms with E-state index in [4.69, 9.17) is 5.73 Å². The van der Waals surface area contributed by atoms with Crippen LogP contribution in [0.3, 0.4) is 0 Å². The van der Waals surface area contributed by atoms with Crippen molar-refractivity contribution in [3.63, 3.8) is 0 Å². The van der Waals surface area contributed by atoms with Crippen LogP contribution in [0.5, 0.6) is 0 Å². The molecule has 0 unspecified atom stereocenters. The van der Waals surface area contributed by atoms with Gasteiger partial charge in [0.05, 0.1) is 0 Å². The maximum atomic E-state index is 12.0. The van der Waals surface area contributed by atoms with E-state index >= 15 is 0 Å². The van der Waals surface area contributed by atoms with Crippen LogP contribution in [0.4, 0.5) is 0 Å². The molecule has 0 saturated carbocycles. The molecule has 3 N–H and O–H groups in total. The molecular formula is C16H26ClN3O. The van der Waals surface area contributed by atoms with Crippen LogP contribution in [0.2, 0.25) is 0 Å². The van der Waals surface area contributed by atoms with E-state index in [-0.39, 0.29) is 18.3 Å². The SMILES string of the molecule is CC1CCN(CCNC(=O)c2ccc(CN)cc2)CC1.Cl. The first-order chi connectivity index (χ1) is 9.69. The lowest BCUT2D eigenvalue weighted by Gasteiger charge is -2.30. The molecule has 0 radical (unpaired) electrons. The lowest BCUT2D eigenvalue weighted by Crippen LogP contribution is -2.39. The minimum atomic E-state index is -0.000973. The first-order valence-corrected chi connectivity index (χ1v) is 7.48. The number of likely N-dealkylation sites (tertiary alicyclic amines) is 1. The molecular weight excluding hydrogens is 286 g/mol. The molecule has 2 rings (SSSR count). The van der Waals surface area contributed by atoms with Gasteiger partial charge in [-0.1, -0.05) is 19.1 Å². The van der Waals surface area contributed by atoms with Crippen molar-refractivity contribution in [3.05, 3.63) is 35.4 Å². The Kier molecular flexibility index (Phi) is 7.72. The van der Waals surface area contributed by atoms with Gasteiger partial charge in [0.15, 0.2) is 0 Å². The summed E-state index contributed by atoms with van der Waals surface area (Å²) < 4.78 is 0. The number of halogens is 1. The van der Waals surface area contributed by atoms with Gasteiger partial charge < -0.3 is 16.0 Å². The second-order valence-electron chi connectivity index (χ2n) is 5.68. The molecule has 4 nitrogen and oxygen atoms in total. The molecule has 0 aliphatic carbocycles. The van der Waals surface area contributed by atoms with Crippen LogP contribution in [0.15, 0.2) is 24.3 Å². The number of carbonyl (C=O) groups excluding carboxylic acids is 1. The maximum Gasteiger partial charge on any atom is 0.251 e. The fraction of sp³-hybridized carbons (Fsp3) is 0.562. The van der Waals surface area contributed by atoms with Gasteiger partial charge in [-0.15, -0.1) is 12.4 Å². The second kappa shape index (κ2) is 9.03. The Morgan fingerprint density at radius 2 is 1.90 bits per heavy atom. The number of carbonyl (C=O) groups is 1. The summed E-state index contributed by atoms with van der Waals surface area (Å²) in [5.41, 5.74) is 7.29. The van der Waals surface area contributed by atoms with Crippen LogP contribution in [0.1, 0.15) is 35.7 Å². The van der Waals surface area contributed by atoms with Gasteiger partial charge in [0.25, 0.3) is 5.91 Å². The minimum absolute atomic E-state index is 0. The highest BCUT2D eigenvalue weighted by Gasteiger charge is 2.15. The predicted molar refractivity (Wildman–Crippen MR) is 88.8 cm³/mol.